The van der Waals surface area contributed by atoms with Gasteiger partial charge in [-0.1, -0.05) is 0 Å². The van der Waals surface area contributed by atoms with Crippen molar-refractivity contribution in [2.45, 2.75) is 44.2 Å². The Morgan fingerprint density at radius 2 is 1.85 bits per heavy atom. The lowest BCUT2D eigenvalue weighted by atomic mass is 10.0. The summed E-state index contributed by atoms with van der Waals surface area (Å²) in [4.78, 5) is 0. The Morgan fingerprint density at radius 3 is 2.35 bits per heavy atom. The van der Waals surface area contributed by atoms with Crippen molar-refractivity contribution in [1.82, 2.24) is 10.2 Å². The van der Waals surface area contributed by atoms with E-state index in [4.69, 9.17) is 0 Å². The van der Waals surface area contributed by atoms with Gasteiger partial charge in [-0.15, -0.1) is 10.2 Å². The summed E-state index contributed by atoms with van der Waals surface area (Å²) in [5.41, 5.74) is -0.308. The largest absolute Gasteiger partial charge is 0.507 e. The molecule has 1 heterocycles. The van der Waals surface area contributed by atoms with Crippen LogP contribution in [0.3, 0.4) is 0 Å². The second-order valence-corrected chi connectivity index (χ2v) is 6.37. The molecule has 0 radical (unpaired) electrons. The molecular formula is C17H18F3N3O3. The van der Waals surface area contributed by atoms with Crippen LogP contribution in [-0.4, -0.2) is 43.8 Å². The van der Waals surface area contributed by atoms with Crippen LogP contribution in [-0.2, 0) is 6.18 Å². The topological polar surface area (TPSA) is 98.5 Å². The number of hydrogen-bond donors (Lipinski definition) is 4. The minimum Gasteiger partial charge on any atom is -0.507 e. The van der Waals surface area contributed by atoms with E-state index in [2.05, 4.69) is 15.5 Å². The standard InChI is InChI=1S/C17H18F3N3O3/c1-8-6-9(17(18,19)20)7-13(25)15(8)10-3-5-14(23-22-10)21-11-2-4-12(24)16(11)26/h3,5-7,11-12,16,24-26H,2,4H2,1H3,(H,21,23)/t11-,12+,16-/m1/s1. The van der Waals surface area contributed by atoms with Crippen LogP contribution in [0.15, 0.2) is 24.3 Å². The van der Waals surface area contributed by atoms with Gasteiger partial charge >= 0.3 is 6.18 Å². The molecule has 9 heteroatoms. The number of rotatable bonds is 3. The average Bonchev–Trinajstić information content (AvgIpc) is 2.87. The summed E-state index contributed by atoms with van der Waals surface area (Å²) in [7, 11) is 0. The van der Waals surface area contributed by atoms with Crippen molar-refractivity contribution in [3.05, 3.63) is 35.4 Å². The van der Waals surface area contributed by atoms with Gasteiger partial charge in [0.2, 0.25) is 0 Å². The number of aliphatic hydroxyl groups is 2. The van der Waals surface area contributed by atoms with Crippen LogP contribution >= 0.6 is 0 Å². The quantitative estimate of drug-likeness (QED) is 0.664. The number of halogens is 3. The zero-order valence-corrected chi connectivity index (χ0v) is 13.8. The molecule has 6 nitrogen and oxygen atoms in total. The Morgan fingerprint density at radius 1 is 1.12 bits per heavy atom. The molecule has 4 N–H and O–H groups in total. The summed E-state index contributed by atoms with van der Waals surface area (Å²) in [6.45, 7) is 1.45. The number of anilines is 1. The number of aromatic hydroxyl groups is 1. The molecule has 0 spiro atoms. The van der Waals surface area contributed by atoms with Crippen molar-refractivity contribution < 1.29 is 28.5 Å². The fraction of sp³-hybridized carbons (Fsp3) is 0.412. The molecule has 1 aromatic carbocycles. The van der Waals surface area contributed by atoms with E-state index in [-0.39, 0.29) is 22.9 Å². The molecule has 26 heavy (non-hydrogen) atoms. The highest BCUT2D eigenvalue weighted by atomic mass is 19.4. The number of aromatic nitrogens is 2. The lowest BCUT2D eigenvalue weighted by Gasteiger charge is -2.18. The monoisotopic (exact) mass is 369 g/mol. The molecule has 3 atom stereocenters. The van der Waals surface area contributed by atoms with Crippen molar-refractivity contribution in [2.24, 2.45) is 0 Å². The van der Waals surface area contributed by atoms with Crippen LogP contribution in [0, 0.1) is 6.92 Å². The molecule has 2 aromatic rings. The zero-order valence-electron chi connectivity index (χ0n) is 13.8. The van der Waals surface area contributed by atoms with Gasteiger partial charge in [-0.05, 0) is 49.6 Å². The van der Waals surface area contributed by atoms with Crippen molar-refractivity contribution >= 4 is 5.82 Å². The summed E-state index contributed by atoms with van der Waals surface area (Å²) in [5, 5.41) is 40.2. The number of phenols is 1. The molecule has 1 aromatic heterocycles. The highest BCUT2D eigenvalue weighted by molar-refractivity contribution is 5.71. The molecule has 0 bridgehead atoms. The fourth-order valence-corrected chi connectivity index (χ4v) is 3.12. The molecule has 0 amide bonds. The van der Waals surface area contributed by atoms with Crippen LogP contribution in [0.2, 0.25) is 0 Å². The number of aliphatic hydroxyl groups excluding tert-OH is 2. The van der Waals surface area contributed by atoms with E-state index in [1.807, 2.05) is 0 Å². The van der Waals surface area contributed by atoms with Gasteiger partial charge in [0, 0.05) is 5.56 Å². The van der Waals surface area contributed by atoms with E-state index in [1.54, 1.807) is 6.07 Å². The first-order valence-electron chi connectivity index (χ1n) is 8.04. The van der Waals surface area contributed by atoms with Crippen LogP contribution in [0.25, 0.3) is 11.3 Å². The van der Waals surface area contributed by atoms with Crippen LogP contribution < -0.4 is 5.32 Å². The van der Waals surface area contributed by atoms with Gasteiger partial charge in [-0.2, -0.15) is 13.2 Å². The predicted molar refractivity (Wildman–Crippen MR) is 87.5 cm³/mol. The molecule has 0 saturated heterocycles. The summed E-state index contributed by atoms with van der Waals surface area (Å²) < 4.78 is 38.4. The second kappa shape index (κ2) is 6.73. The molecular weight excluding hydrogens is 351 g/mol. The van der Waals surface area contributed by atoms with Gasteiger partial charge in [0.1, 0.15) is 11.6 Å². The summed E-state index contributed by atoms with van der Waals surface area (Å²) >= 11 is 0. The first kappa shape index (κ1) is 18.4. The van der Waals surface area contributed by atoms with Crippen LogP contribution in [0.1, 0.15) is 24.0 Å². The maximum Gasteiger partial charge on any atom is 0.416 e. The number of phenolic OH excluding ortho intramolecular Hbond substituents is 1. The smallest absolute Gasteiger partial charge is 0.416 e. The Kier molecular flexibility index (Phi) is 4.76. The summed E-state index contributed by atoms with van der Waals surface area (Å²) in [5.74, 6) is -0.169. The van der Waals surface area contributed by atoms with Crippen molar-refractivity contribution in [3.8, 4) is 17.0 Å². The molecule has 1 aliphatic rings. The molecule has 3 rings (SSSR count). The zero-order chi connectivity index (χ0) is 19.1. The van der Waals surface area contributed by atoms with Gasteiger partial charge < -0.3 is 20.6 Å². The summed E-state index contributed by atoms with van der Waals surface area (Å²) in [6, 6.07) is 4.32. The number of nitrogens with one attached hydrogen (secondary N) is 1. The minimum absolute atomic E-state index is 0.174. The number of benzene rings is 1. The van der Waals surface area contributed by atoms with E-state index >= 15 is 0 Å². The highest BCUT2D eigenvalue weighted by Crippen LogP contribution is 2.38. The number of alkyl halides is 3. The number of hydrogen-bond acceptors (Lipinski definition) is 6. The van der Waals surface area contributed by atoms with E-state index in [9.17, 15) is 28.5 Å². The first-order chi connectivity index (χ1) is 12.2. The normalized spacial score (nSPS) is 23.2. The van der Waals surface area contributed by atoms with E-state index in [0.29, 0.717) is 24.7 Å². The van der Waals surface area contributed by atoms with Crippen molar-refractivity contribution in [2.75, 3.05) is 5.32 Å². The van der Waals surface area contributed by atoms with Crippen molar-refractivity contribution in [3.63, 3.8) is 0 Å². The SMILES string of the molecule is Cc1cc(C(F)(F)F)cc(O)c1-c1ccc(N[C@@H]2CC[C@H](O)[C@@H]2O)nn1. The van der Waals surface area contributed by atoms with E-state index in [0.717, 1.165) is 6.07 Å². The Bertz CT molecular complexity index is 773. The lowest BCUT2D eigenvalue weighted by molar-refractivity contribution is -0.137. The number of aryl methyl sites for hydroxylation is 1. The van der Waals surface area contributed by atoms with Crippen molar-refractivity contribution in [1.29, 1.82) is 0 Å². The third-order valence-corrected chi connectivity index (χ3v) is 4.48. The highest BCUT2D eigenvalue weighted by Gasteiger charge is 2.34. The fourth-order valence-electron chi connectivity index (χ4n) is 3.12. The van der Waals surface area contributed by atoms with Crippen LogP contribution in [0.5, 0.6) is 5.75 Å². The molecule has 1 saturated carbocycles. The second-order valence-electron chi connectivity index (χ2n) is 6.37. The maximum atomic E-state index is 12.8. The Labute approximate surface area is 147 Å². The molecule has 1 aliphatic carbocycles. The molecule has 0 aliphatic heterocycles. The van der Waals surface area contributed by atoms with Gasteiger partial charge in [0.25, 0.3) is 0 Å². The van der Waals surface area contributed by atoms with E-state index in [1.165, 1.54) is 13.0 Å². The Hall–Kier alpha value is -2.39. The first-order valence-corrected chi connectivity index (χ1v) is 8.04. The van der Waals surface area contributed by atoms with Crippen LogP contribution in [0.4, 0.5) is 19.0 Å². The molecule has 0 unspecified atom stereocenters. The molecule has 1 fully saturated rings. The molecule has 140 valence electrons. The minimum atomic E-state index is -4.55. The lowest BCUT2D eigenvalue weighted by Crippen LogP contribution is -2.34. The average molecular weight is 369 g/mol. The van der Waals surface area contributed by atoms with Gasteiger partial charge in [0.15, 0.2) is 0 Å². The number of nitrogens with zero attached hydrogens (tertiary/aromatic N) is 2. The van der Waals surface area contributed by atoms with Gasteiger partial charge in [0.05, 0.1) is 29.5 Å². The van der Waals surface area contributed by atoms with Gasteiger partial charge in [-0.3, -0.25) is 0 Å². The predicted octanol–water partition coefficient (Wildman–Crippen LogP) is 2.47. The summed E-state index contributed by atoms with van der Waals surface area (Å²) in [6.07, 6.45) is -5.19. The maximum absolute atomic E-state index is 12.8. The van der Waals surface area contributed by atoms with Gasteiger partial charge in [-0.25, -0.2) is 0 Å². The Balaban J connectivity index is 1.83. The van der Waals surface area contributed by atoms with E-state index < -0.39 is 29.7 Å². The third kappa shape index (κ3) is 3.58. The third-order valence-electron chi connectivity index (χ3n) is 4.48.